The maximum absolute atomic E-state index is 9.88. The van der Waals surface area contributed by atoms with Crippen LogP contribution < -0.4 is 0 Å². The molecule has 0 aliphatic carbocycles. The van der Waals surface area contributed by atoms with Crippen molar-refractivity contribution in [1.82, 2.24) is 0 Å². The molecule has 5 heteroatoms. The van der Waals surface area contributed by atoms with Gasteiger partial charge >= 0.3 is 0 Å². The molecule has 90 valence electrons. The maximum Gasteiger partial charge on any atom is 0.119 e. The summed E-state index contributed by atoms with van der Waals surface area (Å²) in [7, 11) is 0. The topological polar surface area (TPSA) is 90.2 Å². The quantitative estimate of drug-likeness (QED) is 0.473. The largest absolute Gasteiger partial charge is 0.394 e. The average molecular weight is 220 g/mol. The van der Waals surface area contributed by atoms with Crippen LogP contribution in [0.2, 0.25) is 0 Å². The van der Waals surface area contributed by atoms with Gasteiger partial charge in [-0.3, -0.25) is 0 Å². The van der Waals surface area contributed by atoms with Gasteiger partial charge in [0, 0.05) is 0 Å². The second-order valence-corrected chi connectivity index (χ2v) is 4.68. The van der Waals surface area contributed by atoms with Gasteiger partial charge < -0.3 is 25.2 Å². The van der Waals surface area contributed by atoms with Gasteiger partial charge in [0.05, 0.1) is 12.7 Å². The Kier molecular flexibility index (Phi) is 3.73. The van der Waals surface area contributed by atoms with Crippen molar-refractivity contribution in [2.75, 3.05) is 6.61 Å². The lowest BCUT2D eigenvalue weighted by Gasteiger charge is -2.47. The summed E-state index contributed by atoms with van der Waals surface area (Å²) in [6.45, 7) is 4.64. The molecule has 0 spiro atoms. The number of hydrogen-bond acceptors (Lipinski definition) is 5. The van der Waals surface area contributed by atoms with Crippen molar-refractivity contribution >= 4 is 0 Å². The van der Waals surface area contributed by atoms with Gasteiger partial charge in [0.1, 0.15) is 23.9 Å². The minimum absolute atomic E-state index is 0.000185. The number of aliphatic hydroxyl groups excluding tert-OH is 3. The minimum atomic E-state index is -1.63. The molecular weight excluding hydrogens is 200 g/mol. The normalized spacial score (nSPS) is 47.2. The van der Waals surface area contributed by atoms with Crippen LogP contribution in [0.15, 0.2) is 0 Å². The highest BCUT2D eigenvalue weighted by Crippen LogP contribution is 2.32. The molecule has 0 saturated carbocycles. The summed E-state index contributed by atoms with van der Waals surface area (Å²) in [6, 6.07) is 0. The average Bonchev–Trinajstić information content (AvgIpc) is 2.14. The first-order chi connectivity index (χ1) is 6.82. The van der Waals surface area contributed by atoms with Gasteiger partial charge in [-0.25, -0.2) is 0 Å². The third kappa shape index (κ3) is 2.16. The van der Waals surface area contributed by atoms with E-state index in [0.717, 1.165) is 0 Å². The van der Waals surface area contributed by atoms with Gasteiger partial charge in [0.2, 0.25) is 0 Å². The number of ether oxygens (including phenoxy) is 1. The second-order valence-electron chi connectivity index (χ2n) is 4.68. The van der Waals surface area contributed by atoms with Gasteiger partial charge in [-0.2, -0.15) is 0 Å². The van der Waals surface area contributed by atoms with Gasteiger partial charge in [-0.15, -0.1) is 0 Å². The van der Waals surface area contributed by atoms with E-state index in [1.54, 1.807) is 0 Å². The molecule has 1 rings (SSSR count). The summed E-state index contributed by atoms with van der Waals surface area (Å²) < 4.78 is 5.38. The minimum Gasteiger partial charge on any atom is -0.394 e. The van der Waals surface area contributed by atoms with Crippen LogP contribution in [-0.4, -0.2) is 57.0 Å². The van der Waals surface area contributed by atoms with E-state index in [9.17, 15) is 15.3 Å². The fourth-order valence-corrected chi connectivity index (χ4v) is 1.90. The highest BCUT2D eigenvalue weighted by atomic mass is 16.5. The number of hydrogen-bond donors (Lipinski definition) is 4. The molecule has 0 bridgehead atoms. The Morgan fingerprint density at radius 1 is 1.33 bits per heavy atom. The summed E-state index contributed by atoms with van der Waals surface area (Å²) in [6.07, 6.45) is -3.89. The molecule has 1 heterocycles. The van der Waals surface area contributed by atoms with E-state index >= 15 is 0 Å². The lowest BCUT2D eigenvalue weighted by atomic mass is 9.81. The molecule has 1 fully saturated rings. The zero-order chi connectivity index (χ0) is 11.8. The number of rotatable bonds is 2. The molecule has 1 aliphatic heterocycles. The van der Waals surface area contributed by atoms with Crippen molar-refractivity contribution < 1.29 is 25.2 Å². The van der Waals surface area contributed by atoms with E-state index in [2.05, 4.69) is 0 Å². The molecule has 2 unspecified atom stereocenters. The maximum atomic E-state index is 9.88. The predicted octanol–water partition coefficient (Wildman–Crippen LogP) is -1.13. The summed E-state index contributed by atoms with van der Waals surface area (Å²) in [4.78, 5) is 0. The predicted molar refractivity (Wildman–Crippen MR) is 53.2 cm³/mol. The molecule has 0 radical (unpaired) electrons. The molecule has 0 aromatic heterocycles. The molecule has 0 aromatic rings. The second kappa shape index (κ2) is 4.35. The molecule has 5 nitrogen and oxygen atoms in total. The Labute approximate surface area is 89.3 Å². The Hall–Kier alpha value is -0.200. The van der Waals surface area contributed by atoms with Crippen molar-refractivity contribution in [3.05, 3.63) is 0 Å². The monoisotopic (exact) mass is 220 g/mol. The highest BCUT2D eigenvalue weighted by molar-refractivity contribution is 5.01. The smallest absolute Gasteiger partial charge is 0.119 e. The molecule has 1 aliphatic rings. The van der Waals surface area contributed by atoms with Crippen molar-refractivity contribution in [3.63, 3.8) is 0 Å². The van der Waals surface area contributed by atoms with E-state index in [-0.39, 0.29) is 12.5 Å². The van der Waals surface area contributed by atoms with Crippen LogP contribution in [0.5, 0.6) is 0 Å². The van der Waals surface area contributed by atoms with E-state index < -0.39 is 30.0 Å². The summed E-state index contributed by atoms with van der Waals surface area (Å²) >= 11 is 0. The lowest BCUT2D eigenvalue weighted by molar-refractivity contribution is -0.276. The fraction of sp³-hybridized carbons (Fsp3) is 1.00. The van der Waals surface area contributed by atoms with Gasteiger partial charge in [0.25, 0.3) is 0 Å². The highest BCUT2D eigenvalue weighted by Gasteiger charge is 2.51. The van der Waals surface area contributed by atoms with Gasteiger partial charge in [0.15, 0.2) is 0 Å². The third-order valence-electron chi connectivity index (χ3n) is 3.06. The first kappa shape index (κ1) is 12.9. The van der Waals surface area contributed by atoms with Crippen LogP contribution in [-0.2, 0) is 4.74 Å². The fourth-order valence-electron chi connectivity index (χ4n) is 1.90. The summed E-state index contributed by atoms with van der Waals surface area (Å²) in [5.41, 5.74) is -1.63. The van der Waals surface area contributed by atoms with Crippen molar-refractivity contribution in [3.8, 4) is 0 Å². The molecule has 1 saturated heterocycles. The van der Waals surface area contributed by atoms with Gasteiger partial charge in [-0.05, 0) is 12.8 Å². The van der Waals surface area contributed by atoms with Crippen molar-refractivity contribution in [2.24, 2.45) is 5.92 Å². The molecule has 5 atom stereocenters. The Morgan fingerprint density at radius 2 is 1.87 bits per heavy atom. The van der Waals surface area contributed by atoms with E-state index in [1.165, 1.54) is 6.92 Å². The zero-order valence-electron chi connectivity index (χ0n) is 9.29. The molecule has 4 N–H and O–H groups in total. The molecular formula is C10H20O5. The van der Waals surface area contributed by atoms with Crippen LogP contribution in [0.3, 0.4) is 0 Å². The van der Waals surface area contributed by atoms with Crippen molar-refractivity contribution in [1.29, 1.82) is 0 Å². The van der Waals surface area contributed by atoms with E-state index in [0.29, 0.717) is 0 Å². The van der Waals surface area contributed by atoms with E-state index in [4.69, 9.17) is 9.84 Å². The SMILES string of the molecule is CC(C)[C@H]1OC(CO)[C@](C)(O)[C@H](O)C1O. The molecule has 0 amide bonds. The first-order valence-corrected chi connectivity index (χ1v) is 5.17. The van der Waals surface area contributed by atoms with Crippen molar-refractivity contribution in [2.45, 2.75) is 50.8 Å². The third-order valence-corrected chi connectivity index (χ3v) is 3.06. The Bertz CT molecular complexity index is 210. The standard InChI is InChI=1S/C10H20O5/c1-5(2)8-7(12)9(13)10(3,14)6(4-11)15-8/h5-9,11-14H,4H2,1-3H3/t6?,7?,8-,9-,10+/m1/s1. The molecule has 0 aromatic carbocycles. The van der Waals surface area contributed by atoms with Crippen LogP contribution in [0.4, 0.5) is 0 Å². The van der Waals surface area contributed by atoms with Crippen LogP contribution in [0, 0.1) is 5.92 Å². The van der Waals surface area contributed by atoms with Crippen LogP contribution >= 0.6 is 0 Å². The number of aliphatic hydroxyl groups is 4. The summed E-state index contributed by atoms with van der Waals surface area (Å²) in [5.74, 6) is -0.000185. The van der Waals surface area contributed by atoms with Crippen LogP contribution in [0.25, 0.3) is 0 Å². The zero-order valence-corrected chi connectivity index (χ0v) is 9.29. The summed E-state index contributed by atoms with van der Waals surface area (Å²) in [5, 5.41) is 38.4. The van der Waals surface area contributed by atoms with Gasteiger partial charge in [-0.1, -0.05) is 13.8 Å². The Balaban J connectivity index is 2.88. The Morgan fingerprint density at radius 3 is 2.27 bits per heavy atom. The molecule has 15 heavy (non-hydrogen) atoms. The van der Waals surface area contributed by atoms with Crippen LogP contribution in [0.1, 0.15) is 20.8 Å². The lowest BCUT2D eigenvalue weighted by Crippen LogP contribution is -2.66. The first-order valence-electron chi connectivity index (χ1n) is 5.17. The van der Waals surface area contributed by atoms with E-state index in [1.807, 2.05) is 13.8 Å².